The van der Waals surface area contributed by atoms with E-state index in [1.54, 1.807) is 0 Å². The van der Waals surface area contributed by atoms with Crippen molar-refractivity contribution in [2.24, 2.45) is 0 Å². The Morgan fingerprint density at radius 2 is 1.00 bits per heavy atom. The van der Waals surface area contributed by atoms with Crippen molar-refractivity contribution in [1.29, 1.82) is 0 Å². The molecule has 258 valence electrons. The third-order valence-corrected chi connectivity index (χ3v) is 12.0. The van der Waals surface area contributed by atoms with Crippen molar-refractivity contribution in [2.75, 3.05) is 4.90 Å². The minimum atomic E-state index is 0.907. The van der Waals surface area contributed by atoms with Crippen LogP contribution in [0.25, 0.3) is 86.3 Å². The number of thiophene rings is 1. The predicted molar refractivity (Wildman–Crippen MR) is 235 cm³/mol. The van der Waals surface area contributed by atoms with Crippen LogP contribution in [0.1, 0.15) is 0 Å². The van der Waals surface area contributed by atoms with Gasteiger partial charge in [-0.1, -0.05) is 127 Å². The quantitative estimate of drug-likeness (QED) is 0.170. The van der Waals surface area contributed by atoms with Gasteiger partial charge in [-0.05, 0) is 111 Å². The number of para-hydroxylation sites is 2. The molecule has 2 aromatic heterocycles. The summed E-state index contributed by atoms with van der Waals surface area (Å²) in [6.45, 7) is 0. The van der Waals surface area contributed by atoms with Gasteiger partial charge in [0.15, 0.2) is 0 Å². The fraction of sp³-hybridized carbons (Fsp3) is 0. The molecule has 11 rings (SSSR count). The first-order chi connectivity index (χ1) is 27.2. The second kappa shape index (κ2) is 12.9. The number of furan rings is 1. The van der Waals surface area contributed by atoms with Crippen molar-refractivity contribution in [3.63, 3.8) is 0 Å². The van der Waals surface area contributed by atoms with Gasteiger partial charge in [-0.2, -0.15) is 0 Å². The molecule has 0 radical (unpaired) electrons. The largest absolute Gasteiger partial charge is 0.456 e. The molecule has 3 heteroatoms. The maximum Gasteiger partial charge on any atom is 0.135 e. The number of fused-ring (bicyclic) bond motifs is 7. The van der Waals surface area contributed by atoms with Gasteiger partial charge in [0.2, 0.25) is 0 Å². The highest BCUT2D eigenvalue weighted by molar-refractivity contribution is 7.25. The summed E-state index contributed by atoms with van der Waals surface area (Å²) in [5.41, 5.74) is 12.2. The molecular formula is C52H33NOS. The van der Waals surface area contributed by atoms with E-state index in [9.17, 15) is 0 Å². The number of hydrogen-bond donors (Lipinski definition) is 0. The minimum Gasteiger partial charge on any atom is -0.456 e. The molecule has 0 aliphatic rings. The highest BCUT2D eigenvalue weighted by Crippen LogP contribution is 2.44. The topological polar surface area (TPSA) is 16.4 Å². The number of anilines is 3. The number of nitrogens with zero attached hydrogens (tertiary/aromatic N) is 1. The van der Waals surface area contributed by atoms with Crippen molar-refractivity contribution in [1.82, 2.24) is 0 Å². The average Bonchev–Trinajstić information content (AvgIpc) is 3.82. The SMILES string of the molecule is c1cc(-c2ccc3sc4ccccc4c3c2)cc(N(c2ccc(-c3ccc4oc5ccccc5c4c3)cc2)c2ccccc2-c2ccc3ccccc3c2)c1. The Balaban J connectivity index is 1.05. The van der Waals surface area contributed by atoms with E-state index >= 15 is 0 Å². The summed E-state index contributed by atoms with van der Waals surface area (Å²) >= 11 is 1.86. The molecule has 2 nitrogen and oxygen atoms in total. The summed E-state index contributed by atoms with van der Waals surface area (Å²) in [5, 5.41) is 7.35. The zero-order valence-corrected chi connectivity index (χ0v) is 30.6. The third-order valence-electron chi connectivity index (χ3n) is 10.9. The maximum atomic E-state index is 6.13. The second-order valence-electron chi connectivity index (χ2n) is 14.1. The van der Waals surface area contributed by atoms with Crippen molar-refractivity contribution in [3.05, 3.63) is 200 Å². The van der Waals surface area contributed by atoms with Crippen LogP contribution in [0, 0.1) is 0 Å². The molecular weight excluding hydrogens is 687 g/mol. The van der Waals surface area contributed by atoms with E-state index < -0.39 is 0 Å². The van der Waals surface area contributed by atoms with Crippen LogP contribution < -0.4 is 4.90 Å². The lowest BCUT2D eigenvalue weighted by molar-refractivity contribution is 0.669. The third kappa shape index (κ3) is 5.48. The van der Waals surface area contributed by atoms with Gasteiger partial charge in [-0.15, -0.1) is 11.3 Å². The average molecular weight is 720 g/mol. The van der Waals surface area contributed by atoms with Crippen molar-refractivity contribution in [2.45, 2.75) is 0 Å². The molecule has 0 atom stereocenters. The van der Waals surface area contributed by atoms with Crippen molar-refractivity contribution < 1.29 is 4.42 Å². The Morgan fingerprint density at radius 1 is 0.345 bits per heavy atom. The van der Waals surface area contributed by atoms with Crippen LogP contribution in [0.2, 0.25) is 0 Å². The van der Waals surface area contributed by atoms with Gasteiger partial charge in [0.1, 0.15) is 11.2 Å². The Hall–Kier alpha value is -6.94. The minimum absolute atomic E-state index is 0.907. The zero-order chi connectivity index (χ0) is 36.3. The van der Waals surface area contributed by atoms with Crippen LogP contribution in [0.4, 0.5) is 17.1 Å². The Morgan fingerprint density at radius 3 is 1.93 bits per heavy atom. The highest BCUT2D eigenvalue weighted by atomic mass is 32.1. The van der Waals surface area contributed by atoms with Crippen LogP contribution in [-0.2, 0) is 0 Å². The van der Waals surface area contributed by atoms with E-state index in [1.807, 2.05) is 23.5 Å². The van der Waals surface area contributed by atoms with Crippen molar-refractivity contribution in [3.8, 4) is 33.4 Å². The fourth-order valence-electron chi connectivity index (χ4n) is 8.14. The summed E-state index contributed by atoms with van der Waals surface area (Å²) in [7, 11) is 0. The molecule has 55 heavy (non-hydrogen) atoms. The van der Waals surface area contributed by atoms with Gasteiger partial charge < -0.3 is 9.32 Å². The van der Waals surface area contributed by atoms with E-state index in [0.29, 0.717) is 0 Å². The normalized spacial score (nSPS) is 11.6. The van der Waals surface area contributed by atoms with Crippen LogP contribution in [-0.4, -0.2) is 0 Å². The van der Waals surface area contributed by atoms with E-state index in [4.69, 9.17) is 4.42 Å². The number of benzene rings is 9. The Kier molecular flexibility index (Phi) is 7.39. The first-order valence-electron chi connectivity index (χ1n) is 18.7. The van der Waals surface area contributed by atoms with E-state index in [0.717, 1.165) is 50.1 Å². The zero-order valence-electron chi connectivity index (χ0n) is 29.8. The van der Waals surface area contributed by atoms with Gasteiger partial charge >= 0.3 is 0 Å². The van der Waals surface area contributed by atoms with Gasteiger partial charge in [0, 0.05) is 47.9 Å². The molecule has 0 unspecified atom stereocenters. The van der Waals surface area contributed by atoms with Gasteiger partial charge in [-0.3, -0.25) is 0 Å². The van der Waals surface area contributed by atoms with E-state index in [2.05, 4.69) is 193 Å². The smallest absolute Gasteiger partial charge is 0.135 e. The lowest BCUT2D eigenvalue weighted by Gasteiger charge is -2.28. The van der Waals surface area contributed by atoms with Crippen LogP contribution in [0.3, 0.4) is 0 Å². The highest BCUT2D eigenvalue weighted by Gasteiger charge is 2.19. The summed E-state index contributed by atoms with van der Waals surface area (Å²) in [6.07, 6.45) is 0. The molecule has 0 fully saturated rings. The fourth-order valence-corrected chi connectivity index (χ4v) is 9.22. The lowest BCUT2D eigenvalue weighted by Crippen LogP contribution is -2.11. The number of hydrogen-bond acceptors (Lipinski definition) is 3. The molecule has 0 spiro atoms. The summed E-state index contributed by atoms with van der Waals surface area (Å²) in [4.78, 5) is 2.41. The van der Waals surface area contributed by atoms with Gasteiger partial charge in [-0.25, -0.2) is 0 Å². The standard InChI is InChI=1S/C52H33NOS/c1-2-11-36-30-40(21-20-34(36)10-1)43-14-3-6-17-48(43)53(41-26-22-35(23-27-41)38-24-28-50-46(32-38)44-15-4-7-18-49(44)54-50)42-13-9-12-37(31-42)39-25-29-52-47(33-39)45-16-5-8-19-51(45)55-52/h1-33H. The Bertz CT molecular complexity index is 3220. The molecule has 0 bridgehead atoms. The van der Waals surface area contributed by atoms with Crippen molar-refractivity contribution >= 4 is 81.3 Å². The lowest BCUT2D eigenvalue weighted by atomic mass is 9.97. The van der Waals surface area contributed by atoms with Crippen LogP contribution in [0.15, 0.2) is 205 Å². The van der Waals surface area contributed by atoms with Crippen LogP contribution in [0.5, 0.6) is 0 Å². The molecule has 0 aliphatic carbocycles. The molecule has 2 heterocycles. The summed E-state index contributed by atoms with van der Waals surface area (Å²) in [5.74, 6) is 0. The van der Waals surface area contributed by atoms with Gasteiger partial charge in [0.05, 0.1) is 5.69 Å². The molecule has 0 saturated heterocycles. The molecule has 0 aliphatic heterocycles. The maximum absolute atomic E-state index is 6.13. The molecule has 11 aromatic rings. The molecule has 0 amide bonds. The summed E-state index contributed by atoms with van der Waals surface area (Å²) in [6, 6.07) is 72.4. The summed E-state index contributed by atoms with van der Waals surface area (Å²) < 4.78 is 8.77. The van der Waals surface area contributed by atoms with E-state index in [-0.39, 0.29) is 0 Å². The predicted octanol–water partition coefficient (Wildman–Crippen LogP) is 15.6. The first-order valence-corrected chi connectivity index (χ1v) is 19.5. The number of rotatable bonds is 6. The monoisotopic (exact) mass is 719 g/mol. The Labute approximate surface area is 322 Å². The molecule has 0 saturated carbocycles. The van der Waals surface area contributed by atoms with Gasteiger partial charge in [0.25, 0.3) is 0 Å². The first kappa shape index (κ1) is 31.6. The molecule has 9 aromatic carbocycles. The van der Waals surface area contributed by atoms with Crippen LogP contribution >= 0.6 is 11.3 Å². The van der Waals surface area contributed by atoms with E-state index in [1.165, 1.54) is 53.2 Å². The second-order valence-corrected chi connectivity index (χ2v) is 15.2. The molecule has 0 N–H and O–H groups in total.